The van der Waals surface area contributed by atoms with Crippen molar-refractivity contribution in [2.24, 2.45) is 0 Å². The van der Waals surface area contributed by atoms with E-state index in [0.717, 1.165) is 0 Å². The van der Waals surface area contributed by atoms with Crippen LogP contribution in [0.15, 0.2) is 12.3 Å². The summed E-state index contributed by atoms with van der Waals surface area (Å²) in [5, 5.41) is 0. The lowest BCUT2D eigenvalue weighted by Crippen LogP contribution is -2.21. The highest BCUT2D eigenvalue weighted by Gasteiger charge is 2.14. The Bertz CT molecular complexity index is 103. The monoisotopic (exact) mass is 134 g/mol. The zero-order chi connectivity index (χ0) is 5.98. The van der Waals surface area contributed by atoms with E-state index in [9.17, 15) is 0 Å². The smallest absolute Gasteiger partial charge is 0.187 e. The van der Waals surface area contributed by atoms with Crippen molar-refractivity contribution < 1.29 is 9.47 Å². The summed E-state index contributed by atoms with van der Waals surface area (Å²) in [5.41, 5.74) is -0.441. The van der Waals surface area contributed by atoms with Gasteiger partial charge >= 0.3 is 0 Å². The molecule has 0 aliphatic carbocycles. The van der Waals surface area contributed by atoms with Crippen LogP contribution in [0.25, 0.3) is 0 Å². The summed E-state index contributed by atoms with van der Waals surface area (Å²) < 4.78 is 9.87. The fourth-order valence-corrected chi connectivity index (χ4v) is 0.635. The largest absolute Gasteiger partial charge is 0.492 e. The van der Waals surface area contributed by atoms with Gasteiger partial charge in [-0.25, -0.2) is 0 Å². The molecule has 1 fully saturated rings. The first-order valence-electron chi connectivity index (χ1n) is 2.38. The molecule has 46 valence electrons. The van der Waals surface area contributed by atoms with Crippen molar-refractivity contribution in [3.8, 4) is 0 Å². The zero-order valence-electron chi connectivity index (χ0n) is 4.39. The molecule has 0 aromatic rings. The number of hydrogen-bond acceptors (Lipinski definition) is 2. The second-order valence-corrected chi connectivity index (χ2v) is 1.90. The number of hydrogen-bond donors (Lipinski definition) is 0. The van der Waals surface area contributed by atoms with Crippen LogP contribution in [0, 0.1) is 0 Å². The Labute approximate surface area is 53.0 Å². The molecule has 0 amide bonds. The molecule has 0 aromatic carbocycles. The number of alkyl halides is 1. The van der Waals surface area contributed by atoms with Crippen molar-refractivity contribution >= 4 is 11.6 Å². The third kappa shape index (κ3) is 1.14. The minimum Gasteiger partial charge on any atom is -0.492 e. The van der Waals surface area contributed by atoms with Gasteiger partial charge < -0.3 is 9.47 Å². The average molecular weight is 135 g/mol. The second-order valence-electron chi connectivity index (χ2n) is 1.50. The van der Waals surface area contributed by atoms with E-state index in [4.69, 9.17) is 21.1 Å². The van der Waals surface area contributed by atoms with Gasteiger partial charge in [-0.15, -0.1) is 0 Å². The topological polar surface area (TPSA) is 18.5 Å². The van der Waals surface area contributed by atoms with Crippen LogP contribution in [0.1, 0.15) is 0 Å². The van der Waals surface area contributed by atoms with E-state index in [0.29, 0.717) is 19.0 Å². The quantitative estimate of drug-likeness (QED) is 0.462. The van der Waals surface area contributed by atoms with E-state index in [2.05, 4.69) is 6.58 Å². The van der Waals surface area contributed by atoms with Crippen LogP contribution >= 0.6 is 11.6 Å². The highest BCUT2D eigenvalue weighted by Crippen LogP contribution is 2.14. The zero-order valence-corrected chi connectivity index (χ0v) is 5.15. The van der Waals surface area contributed by atoms with Gasteiger partial charge in [-0.3, -0.25) is 0 Å². The van der Waals surface area contributed by atoms with Crippen LogP contribution < -0.4 is 0 Å². The lowest BCUT2D eigenvalue weighted by Gasteiger charge is -2.19. The SMILES string of the molecule is C=C1OCCOC1Cl. The summed E-state index contributed by atoms with van der Waals surface area (Å²) in [6, 6.07) is 0. The van der Waals surface area contributed by atoms with Gasteiger partial charge in [-0.1, -0.05) is 18.2 Å². The molecule has 1 aliphatic rings. The molecule has 1 atom stereocenters. The van der Waals surface area contributed by atoms with E-state index in [1.165, 1.54) is 0 Å². The fourth-order valence-electron chi connectivity index (χ4n) is 0.483. The lowest BCUT2D eigenvalue weighted by molar-refractivity contribution is -0.00552. The van der Waals surface area contributed by atoms with Gasteiger partial charge in [0.1, 0.15) is 12.4 Å². The maximum absolute atomic E-state index is 5.52. The van der Waals surface area contributed by atoms with Crippen molar-refractivity contribution in [1.82, 2.24) is 0 Å². The molecular formula is C5H7ClO2. The Morgan fingerprint density at radius 2 is 2.38 bits per heavy atom. The lowest BCUT2D eigenvalue weighted by atomic mass is 10.5. The van der Waals surface area contributed by atoms with Gasteiger partial charge in [0, 0.05) is 0 Å². The summed E-state index contributed by atoms with van der Waals surface area (Å²) in [7, 11) is 0. The van der Waals surface area contributed by atoms with Crippen LogP contribution in [0.4, 0.5) is 0 Å². The highest BCUT2D eigenvalue weighted by atomic mass is 35.5. The van der Waals surface area contributed by atoms with Gasteiger partial charge in [-0.2, -0.15) is 0 Å². The molecule has 1 aliphatic heterocycles. The molecule has 3 heteroatoms. The number of ether oxygens (including phenoxy) is 2. The molecular weight excluding hydrogens is 128 g/mol. The van der Waals surface area contributed by atoms with Gasteiger partial charge in [-0.05, 0) is 0 Å². The van der Waals surface area contributed by atoms with E-state index in [1.54, 1.807) is 0 Å². The number of halogens is 1. The van der Waals surface area contributed by atoms with Gasteiger partial charge in [0.2, 0.25) is 0 Å². The first-order valence-corrected chi connectivity index (χ1v) is 2.81. The van der Waals surface area contributed by atoms with E-state index in [-0.39, 0.29) is 0 Å². The number of rotatable bonds is 0. The summed E-state index contributed by atoms with van der Waals surface area (Å²) in [5.74, 6) is 0.512. The molecule has 1 unspecified atom stereocenters. The van der Waals surface area contributed by atoms with Crippen molar-refractivity contribution in [3.05, 3.63) is 12.3 Å². The van der Waals surface area contributed by atoms with E-state index in [1.807, 2.05) is 0 Å². The Balaban J connectivity index is 2.39. The van der Waals surface area contributed by atoms with Crippen LogP contribution in [-0.2, 0) is 9.47 Å². The van der Waals surface area contributed by atoms with Crippen molar-refractivity contribution in [1.29, 1.82) is 0 Å². The molecule has 1 saturated heterocycles. The Morgan fingerprint density at radius 1 is 1.62 bits per heavy atom. The highest BCUT2D eigenvalue weighted by molar-refractivity contribution is 6.21. The molecule has 1 heterocycles. The fraction of sp³-hybridized carbons (Fsp3) is 0.600. The molecule has 0 bridgehead atoms. The van der Waals surface area contributed by atoms with Gasteiger partial charge in [0.15, 0.2) is 5.56 Å². The molecule has 0 saturated carbocycles. The summed E-state index contributed by atoms with van der Waals surface area (Å²) in [6.45, 7) is 4.65. The molecule has 0 N–H and O–H groups in total. The normalized spacial score (nSPS) is 29.6. The molecule has 0 radical (unpaired) electrons. The Morgan fingerprint density at radius 3 is 2.75 bits per heavy atom. The summed E-state index contributed by atoms with van der Waals surface area (Å²) >= 11 is 5.52. The average Bonchev–Trinajstić information content (AvgIpc) is 1.77. The molecule has 2 nitrogen and oxygen atoms in total. The van der Waals surface area contributed by atoms with Gasteiger partial charge in [0.05, 0.1) is 6.61 Å². The van der Waals surface area contributed by atoms with Crippen molar-refractivity contribution in [2.75, 3.05) is 13.2 Å². The predicted molar refractivity (Wildman–Crippen MR) is 30.7 cm³/mol. The minimum atomic E-state index is -0.441. The Kier molecular flexibility index (Phi) is 1.76. The van der Waals surface area contributed by atoms with E-state index >= 15 is 0 Å². The second kappa shape index (κ2) is 2.37. The minimum absolute atomic E-state index is 0.441. The standard InChI is InChI=1S/C5H7ClO2/c1-4-5(6)8-3-2-7-4/h5H,1-3H2. The van der Waals surface area contributed by atoms with Gasteiger partial charge in [0.25, 0.3) is 0 Å². The molecule has 0 aromatic heterocycles. The summed E-state index contributed by atoms with van der Waals surface area (Å²) in [4.78, 5) is 0. The first-order chi connectivity index (χ1) is 3.80. The van der Waals surface area contributed by atoms with Crippen molar-refractivity contribution in [2.45, 2.75) is 5.56 Å². The first kappa shape index (κ1) is 5.92. The van der Waals surface area contributed by atoms with Crippen LogP contribution in [0.5, 0.6) is 0 Å². The van der Waals surface area contributed by atoms with E-state index < -0.39 is 5.56 Å². The molecule has 0 spiro atoms. The third-order valence-corrected chi connectivity index (χ3v) is 1.26. The van der Waals surface area contributed by atoms with Crippen LogP contribution in [-0.4, -0.2) is 18.8 Å². The maximum Gasteiger partial charge on any atom is 0.187 e. The molecule has 8 heavy (non-hydrogen) atoms. The predicted octanol–water partition coefficient (Wildman–Crippen LogP) is 1.11. The summed E-state index contributed by atoms with van der Waals surface area (Å²) in [6.07, 6.45) is 0. The Hall–Kier alpha value is -0.210. The van der Waals surface area contributed by atoms with Crippen molar-refractivity contribution in [3.63, 3.8) is 0 Å². The molecule has 1 rings (SSSR count). The maximum atomic E-state index is 5.52. The third-order valence-electron chi connectivity index (χ3n) is 0.888. The van der Waals surface area contributed by atoms with Crippen LogP contribution in [0.3, 0.4) is 0 Å². The van der Waals surface area contributed by atoms with Crippen LogP contribution in [0.2, 0.25) is 0 Å².